The highest BCUT2D eigenvalue weighted by molar-refractivity contribution is 5.56. The van der Waals surface area contributed by atoms with Gasteiger partial charge in [-0.2, -0.15) is 0 Å². The Balaban J connectivity index is 1.92. The van der Waals surface area contributed by atoms with Gasteiger partial charge in [0.05, 0.1) is 5.69 Å². The molecule has 3 rings (SSSR count). The molecule has 1 aromatic rings. The minimum atomic E-state index is -0.0663. The Bertz CT molecular complexity index is 488. The highest BCUT2D eigenvalue weighted by Gasteiger charge is 2.36. The molecular weight excluding hydrogens is 263 g/mol. The summed E-state index contributed by atoms with van der Waals surface area (Å²) in [5, 5.41) is 0. The largest absolute Gasteiger partial charge is 0.366 e. The number of fused-ring (bicyclic) bond motifs is 1. The van der Waals surface area contributed by atoms with Gasteiger partial charge in [0.15, 0.2) is 0 Å². The summed E-state index contributed by atoms with van der Waals surface area (Å²) in [6, 6.07) is 6.16. The van der Waals surface area contributed by atoms with Crippen molar-refractivity contribution in [2.24, 2.45) is 11.7 Å². The summed E-state index contributed by atoms with van der Waals surface area (Å²) in [6.07, 6.45) is 8.05. The summed E-state index contributed by atoms with van der Waals surface area (Å²) in [6.45, 7) is 3.09. The molecule has 3 atom stereocenters. The summed E-state index contributed by atoms with van der Waals surface area (Å²) in [4.78, 5) is 2.37. The van der Waals surface area contributed by atoms with Gasteiger partial charge in [-0.1, -0.05) is 25.5 Å². The van der Waals surface area contributed by atoms with Gasteiger partial charge in [0, 0.05) is 18.6 Å². The second-order valence-corrected chi connectivity index (χ2v) is 6.71. The van der Waals surface area contributed by atoms with Gasteiger partial charge in [-0.15, -0.1) is 0 Å². The van der Waals surface area contributed by atoms with E-state index in [4.69, 9.17) is 5.73 Å². The second-order valence-electron chi connectivity index (χ2n) is 6.71. The molecule has 1 aliphatic carbocycles. The van der Waals surface area contributed by atoms with Gasteiger partial charge in [0.2, 0.25) is 0 Å². The van der Waals surface area contributed by atoms with Gasteiger partial charge in [0.25, 0.3) is 0 Å². The number of hydrogen-bond acceptors (Lipinski definition) is 2. The number of hydrogen-bond donors (Lipinski definition) is 1. The predicted molar refractivity (Wildman–Crippen MR) is 86.1 cm³/mol. The Morgan fingerprint density at radius 2 is 2.10 bits per heavy atom. The topological polar surface area (TPSA) is 29.3 Å². The Labute approximate surface area is 127 Å². The summed E-state index contributed by atoms with van der Waals surface area (Å²) in [5.74, 6) is 0.703. The maximum Gasteiger partial charge on any atom is 0.146 e. The SMILES string of the molecule is CCC(N)Cc1cccc(F)c1N1CCCC2CCCC21. The van der Waals surface area contributed by atoms with Crippen LogP contribution in [0.4, 0.5) is 10.1 Å². The first kappa shape index (κ1) is 14.8. The molecule has 0 spiro atoms. The number of piperidine rings is 1. The third kappa shape index (κ3) is 2.94. The smallest absolute Gasteiger partial charge is 0.146 e. The number of benzene rings is 1. The first-order chi connectivity index (χ1) is 10.2. The van der Waals surface area contributed by atoms with Crippen LogP contribution in [0.5, 0.6) is 0 Å². The standard InChI is InChI=1S/C18H27FN2/c1-2-15(20)12-14-7-3-9-16(19)18(14)21-11-5-8-13-6-4-10-17(13)21/h3,7,9,13,15,17H,2,4-6,8,10-12,20H2,1H3. The maximum atomic E-state index is 14.6. The van der Waals surface area contributed by atoms with Crippen LogP contribution in [0.2, 0.25) is 0 Å². The molecule has 1 saturated heterocycles. The van der Waals surface area contributed by atoms with Crippen molar-refractivity contribution in [3.8, 4) is 0 Å². The molecule has 21 heavy (non-hydrogen) atoms. The third-order valence-corrected chi connectivity index (χ3v) is 5.36. The quantitative estimate of drug-likeness (QED) is 0.912. The predicted octanol–water partition coefficient (Wildman–Crippen LogP) is 3.87. The second kappa shape index (κ2) is 6.35. The third-order valence-electron chi connectivity index (χ3n) is 5.36. The zero-order valence-electron chi connectivity index (χ0n) is 13.0. The molecule has 2 nitrogen and oxygen atoms in total. The van der Waals surface area contributed by atoms with E-state index < -0.39 is 0 Å². The van der Waals surface area contributed by atoms with Gasteiger partial charge in [-0.25, -0.2) is 4.39 Å². The van der Waals surface area contributed by atoms with E-state index >= 15 is 0 Å². The van der Waals surface area contributed by atoms with Crippen molar-refractivity contribution in [3.05, 3.63) is 29.6 Å². The average Bonchev–Trinajstić information content (AvgIpc) is 2.96. The zero-order chi connectivity index (χ0) is 14.8. The van der Waals surface area contributed by atoms with E-state index in [9.17, 15) is 4.39 Å². The molecule has 0 amide bonds. The zero-order valence-corrected chi connectivity index (χ0v) is 13.0. The lowest BCUT2D eigenvalue weighted by Crippen LogP contribution is -2.43. The fraction of sp³-hybridized carbons (Fsp3) is 0.667. The molecule has 0 aromatic heterocycles. The van der Waals surface area contributed by atoms with Gasteiger partial charge in [0.1, 0.15) is 5.82 Å². The van der Waals surface area contributed by atoms with Crippen LogP contribution < -0.4 is 10.6 Å². The van der Waals surface area contributed by atoms with Gasteiger partial charge in [-0.3, -0.25) is 0 Å². The minimum absolute atomic E-state index is 0.0663. The van der Waals surface area contributed by atoms with E-state index in [1.807, 2.05) is 6.07 Å². The molecule has 0 bridgehead atoms. The molecule has 2 N–H and O–H groups in total. The molecule has 2 fully saturated rings. The molecule has 2 aliphatic rings. The molecule has 116 valence electrons. The first-order valence-electron chi connectivity index (χ1n) is 8.50. The van der Waals surface area contributed by atoms with Crippen LogP contribution in [0.3, 0.4) is 0 Å². The van der Waals surface area contributed by atoms with Crippen LogP contribution in [0.1, 0.15) is 51.0 Å². The maximum absolute atomic E-state index is 14.6. The van der Waals surface area contributed by atoms with Crippen molar-refractivity contribution in [1.82, 2.24) is 0 Å². The van der Waals surface area contributed by atoms with Crippen LogP contribution in [-0.4, -0.2) is 18.6 Å². The van der Waals surface area contributed by atoms with Crippen molar-refractivity contribution in [2.45, 2.75) is 64.0 Å². The molecular formula is C18H27FN2. The fourth-order valence-corrected chi connectivity index (χ4v) is 4.20. The lowest BCUT2D eigenvalue weighted by atomic mass is 9.90. The van der Waals surface area contributed by atoms with Crippen LogP contribution >= 0.6 is 0 Å². The van der Waals surface area contributed by atoms with Crippen LogP contribution in [0, 0.1) is 11.7 Å². The van der Waals surface area contributed by atoms with E-state index in [2.05, 4.69) is 17.9 Å². The number of anilines is 1. The number of halogens is 1. The molecule has 1 heterocycles. The van der Waals surface area contributed by atoms with Crippen molar-refractivity contribution < 1.29 is 4.39 Å². The van der Waals surface area contributed by atoms with Crippen LogP contribution in [0.15, 0.2) is 18.2 Å². The number of nitrogens with two attached hydrogens (primary N) is 1. The van der Waals surface area contributed by atoms with Crippen LogP contribution in [0.25, 0.3) is 0 Å². The highest BCUT2D eigenvalue weighted by Crippen LogP contribution is 2.41. The lowest BCUT2D eigenvalue weighted by Gasteiger charge is -2.40. The van der Waals surface area contributed by atoms with Gasteiger partial charge >= 0.3 is 0 Å². The molecule has 1 aliphatic heterocycles. The normalized spacial score (nSPS) is 26.7. The fourth-order valence-electron chi connectivity index (χ4n) is 4.20. The highest BCUT2D eigenvalue weighted by atomic mass is 19.1. The Morgan fingerprint density at radius 3 is 2.90 bits per heavy atom. The van der Waals surface area contributed by atoms with E-state index in [-0.39, 0.29) is 11.9 Å². The van der Waals surface area contributed by atoms with E-state index in [0.29, 0.717) is 6.04 Å². The molecule has 1 aromatic carbocycles. The number of rotatable bonds is 4. The van der Waals surface area contributed by atoms with Gasteiger partial charge in [-0.05, 0) is 56.1 Å². The Hall–Kier alpha value is -1.09. The monoisotopic (exact) mass is 290 g/mol. The summed E-state index contributed by atoms with van der Waals surface area (Å²) in [5.41, 5.74) is 8.06. The van der Waals surface area contributed by atoms with E-state index in [1.165, 1.54) is 32.1 Å². The van der Waals surface area contributed by atoms with Crippen molar-refractivity contribution in [2.75, 3.05) is 11.4 Å². The van der Waals surface area contributed by atoms with Gasteiger partial charge < -0.3 is 10.6 Å². The Morgan fingerprint density at radius 1 is 1.29 bits per heavy atom. The van der Waals surface area contributed by atoms with Crippen molar-refractivity contribution >= 4 is 5.69 Å². The molecule has 3 heteroatoms. The molecule has 3 unspecified atom stereocenters. The summed E-state index contributed by atoms with van der Waals surface area (Å²) >= 11 is 0. The molecule has 1 saturated carbocycles. The van der Waals surface area contributed by atoms with Crippen molar-refractivity contribution in [3.63, 3.8) is 0 Å². The minimum Gasteiger partial charge on any atom is -0.366 e. The van der Waals surface area contributed by atoms with Crippen LogP contribution in [-0.2, 0) is 6.42 Å². The summed E-state index contributed by atoms with van der Waals surface area (Å²) < 4.78 is 14.6. The first-order valence-corrected chi connectivity index (χ1v) is 8.50. The number of para-hydroxylation sites is 1. The van der Waals surface area contributed by atoms with E-state index in [1.54, 1.807) is 6.07 Å². The van der Waals surface area contributed by atoms with Crippen molar-refractivity contribution in [1.29, 1.82) is 0 Å². The molecule has 0 radical (unpaired) electrons. The average molecular weight is 290 g/mol. The summed E-state index contributed by atoms with van der Waals surface area (Å²) in [7, 11) is 0. The number of nitrogens with zero attached hydrogens (tertiary/aromatic N) is 1. The van der Waals surface area contributed by atoms with E-state index in [0.717, 1.165) is 36.6 Å². The Kier molecular flexibility index (Phi) is 4.48. The lowest BCUT2D eigenvalue weighted by molar-refractivity contribution is 0.358.